The first-order valence-electron chi connectivity index (χ1n) is 10.3. The van der Waals surface area contributed by atoms with E-state index in [1.54, 1.807) is 0 Å². The summed E-state index contributed by atoms with van der Waals surface area (Å²) >= 11 is 0. The largest absolute Gasteiger partial charge is 0.361 e. The average molecular weight is 396 g/mol. The number of pyridine rings is 1. The number of benzene rings is 2. The number of carbonyl (C=O) groups is 1. The first-order valence-corrected chi connectivity index (χ1v) is 10.3. The number of amides is 1. The lowest BCUT2D eigenvalue weighted by Gasteiger charge is -2.29. The minimum atomic E-state index is 0.0106. The fourth-order valence-electron chi connectivity index (χ4n) is 4.11. The van der Waals surface area contributed by atoms with Crippen LogP contribution in [0, 0.1) is 0 Å². The molecule has 150 valence electrons. The zero-order chi connectivity index (χ0) is 20.3. The van der Waals surface area contributed by atoms with Crippen LogP contribution in [0.4, 0.5) is 5.82 Å². The van der Waals surface area contributed by atoms with Crippen molar-refractivity contribution in [2.45, 2.75) is 25.9 Å². The van der Waals surface area contributed by atoms with E-state index in [9.17, 15) is 4.79 Å². The van der Waals surface area contributed by atoms with Crippen LogP contribution in [0.5, 0.6) is 0 Å². The van der Waals surface area contributed by atoms with Gasteiger partial charge in [-0.25, -0.2) is 4.98 Å². The van der Waals surface area contributed by atoms with Gasteiger partial charge in [0.05, 0.1) is 6.42 Å². The maximum absolute atomic E-state index is 12.4. The molecule has 0 saturated carbocycles. The van der Waals surface area contributed by atoms with Crippen LogP contribution >= 0.6 is 0 Å². The summed E-state index contributed by atoms with van der Waals surface area (Å²) in [5, 5.41) is 4.11. The SMILES string of the molecule is O=C(Cc1c[nH]c2ccccc12)NCc1ccc(N2CCc3ccccc3C2)nc1. The van der Waals surface area contributed by atoms with E-state index in [-0.39, 0.29) is 5.91 Å². The van der Waals surface area contributed by atoms with Crippen molar-refractivity contribution in [3.05, 3.63) is 95.3 Å². The number of hydrogen-bond donors (Lipinski definition) is 2. The molecule has 0 radical (unpaired) electrons. The number of carbonyl (C=O) groups excluding carboxylic acids is 1. The van der Waals surface area contributed by atoms with Gasteiger partial charge in [0, 0.05) is 42.9 Å². The van der Waals surface area contributed by atoms with E-state index in [1.165, 1.54) is 11.1 Å². The molecule has 0 saturated heterocycles. The van der Waals surface area contributed by atoms with Gasteiger partial charge in [0.1, 0.15) is 5.82 Å². The van der Waals surface area contributed by atoms with Crippen LogP contribution in [-0.4, -0.2) is 22.4 Å². The standard InChI is InChI=1S/C25H24N4O/c30-25(13-21-16-26-23-8-4-3-7-22(21)23)28-15-18-9-10-24(27-14-18)29-12-11-19-5-1-2-6-20(19)17-29/h1-10,14,16,26H,11-13,15,17H2,(H,28,30). The van der Waals surface area contributed by atoms with Crippen LogP contribution in [-0.2, 0) is 30.7 Å². The molecule has 2 aromatic heterocycles. The number of aromatic nitrogens is 2. The minimum absolute atomic E-state index is 0.0106. The number of rotatable bonds is 5. The highest BCUT2D eigenvalue weighted by atomic mass is 16.1. The Labute approximate surface area is 175 Å². The maximum Gasteiger partial charge on any atom is 0.224 e. The predicted molar refractivity (Wildman–Crippen MR) is 119 cm³/mol. The zero-order valence-corrected chi connectivity index (χ0v) is 16.8. The molecule has 3 heterocycles. The van der Waals surface area contributed by atoms with E-state index < -0.39 is 0 Å². The molecule has 30 heavy (non-hydrogen) atoms. The Kier molecular flexibility index (Phi) is 4.93. The quantitative estimate of drug-likeness (QED) is 0.536. The summed E-state index contributed by atoms with van der Waals surface area (Å²) in [7, 11) is 0. The Morgan fingerprint density at radius 3 is 2.73 bits per heavy atom. The Bertz CT molecular complexity index is 1180. The zero-order valence-electron chi connectivity index (χ0n) is 16.8. The third-order valence-electron chi connectivity index (χ3n) is 5.78. The number of anilines is 1. The smallest absolute Gasteiger partial charge is 0.224 e. The number of para-hydroxylation sites is 1. The summed E-state index contributed by atoms with van der Waals surface area (Å²) in [5.41, 5.74) is 5.88. The molecule has 2 aromatic carbocycles. The van der Waals surface area contributed by atoms with E-state index >= 15 is 0 Å². The molecule has 0 atom stereocenters. The van der Waals surface area contributed by atoms with Gasteiger partial charge in [-0.2, -0.15) is 0 Å². The molecule has 0 spiro atoms. The van der Waals surface area contributed by atoms with Crippen molar-refractivity contribution in [1.82, 2.24) is 15.3 Å². The van der Waals surface area contributed by atoms with Gasteiger partial charge in [0.25, 0.3) is 0 Å². The van der Waals surface area contributed by atoms with Gasteiger partial charge in [-0.3, -0.25) is 4.79 Å². The molecule has 0 aliphatic carbocycles. The van der Waals surface area contributed by atoms with Gasteiger partial charge < -0.3 is 15.2 Å². The first-order chi connectivity index (χ1) is 14.8. The number of hydrogen-bond acceptors (Lipinski definition) is 3. The third kappa shape index (κ3) is 3.79. The van der Waals surface area contributed by atoms with Gasteiger partial charge >= 0.3 is 0 Å². The third-order valence-corrected chi connectivity index (χ3v) is 5.78. The minimum Gasteiger partial charge on any atom is -0.361 e. The molecule has 5 nitrogen and oxygen atoms in total. The number of nitrogens with one attached hydrogen (secondary N) is 2. The van der Waals surface area contributed by atoms with Gasteiger partial charge in [-0.05, 0) is 40.8 Å². The van der Waals surface area contributed by atoms with E-state index in [4.69, 9.17) is 0 Å². The summed E-state index contributed by atoms with van der Waals surface area (Å²) in [6.07, 6.45) is 5.19. The predicted octanol–water partition coefficient (Wildman–Crippen LogP) is 3.98. The van der Waals surface area contributed by atoms with Crippen molar-refractivity contribution in [3.63, 3.8) is 0 Å². The van der Waals surface area contributed by atoms with Crippen molar-refractivity contribution >= 4 is 22.6 Å². The molecule has 1 aliphatic heterocycles. The Hall–Kier alpha value is -3.60. The Balaban J connectivity index is 1.18. The van der Waals surface area contributed by atoms with Crippen LogP contribution in [0.2, 0.25) is 0 Å². The monoisotopic (exact) mass is 396 g/mol. The van der Waals surface area contributed by atoms with Crippen LogP contribution in [0.1, 0.15) is 22.3 Å². The van der Waals surface area contributed by atoms with E-state index in [2.05, 4.69) is 56.6 Å². The lowest BCUT2D eigenvalue weighted by atomic mass is 10.00. The number of fused-ring (bicyclic) bond motifs is 2. The summed E-state index contributed by atoms with van der Waals surface area (Å²) < 4.78 is 0. The lowest BCUT2D eigenvalue weighted by molar-refractivity contribution is -0.120. The van der Waals surface area contributed by atoms with Gasteiger partial charge in [-0.1, -0.05) is 48.5 Å². The number of H-pyrrole nitrogens is 1. The fourth-order valence-corrected chi connectivity index (χ4v) is 4.11. The molecule has 1 aliphatic rings. The summed E-state index contributed by atoms with van der Waals surface area (Å²) in [6.45, 7) is 2.35. The average Bonchev–Trinajstić information content (AvgIpc) is 3.20. The topological polar surface area (TPSA) is 61.0 Å². The second-order valence-electron chi connectivity index (χ2n) is 7.78. The molecular formula is C25H24N4O. The second kappa shape index (κ2) is 8.03. The molecular weight excluding hydrogens is 372 g/mol. The highest BCUT2D eigenvalue weighted by Crippen LogP contribution is 2.23. The Morgan fingerprint density at radius 1 is 1.03 bits per heavy atom. The Morgan fingerprint density at radius 2 is 1.87 bits per heavy atom. The lowest BCUT2D eigenvalue weighted by Crippen LogP contribution is -2.31. The van der Waals surface area contributed by atoms with Gasteiger partial charge in [-0.15, -0.1) is 0 Å². The van der Waals surface area contributed by atoms with Gasteiger partial charge in [0.2, 0.25) is 5.91 Å². The number of nitrogens with zero attached hydrogens (tertiary/aromatic N) is 2. The highest BCUT2D eigenvalue weighted by molar-refractivity contribution is 5.88. The molecule has 5 rings (SSSR count). The molecule has 0 fully saturated rings. The summed E-state index contributed by atoms with van der Waals surface area (Å²) in [5.74, 6) is 0.995. The van der Waals surface area contributed by atoms with Crippen LogP contribution < -0.4 is 10.2 Å². The molecule has 0 bridgehead atoms. The van der Waals surface area contributed by atoms with E-state index in [0.29, 0.717) is 13.0 Å². The van der Waals surface area contributed by atoms with E-state index in [0.717, 1.165) is 47.4 Å². The highest BCUT2D eigenvalue weighted by Gasteiger charge is 2.17. The molecule has 5 heteroatoms. The van der Waals surface area contributed by atoms with E-state index in [1.807, 2.05) is 36.7 Å². The van der Waals surface area contributed by atoms with Crippen molar-refractivity contribution in [2.24, 2.45) is 0 Å². The van der Waals surface area contributed by atoms with Crippen molar-refractivity contribution in [1.29, 1.82) is 0 Å². The second-order valence-corrected chi connectivity index (χ2v) is 7.78. The normalized spacial score (nSPS) is 13.3. The van der Waals surface area contributed by atoms with Crippen LogP contribution in [0.25, 0.3) is 10.9 Å². The summed E-state index contributed by atoms with van der Waals surface area (Å²) in [6, 6.07) is 20.7. The van der Waals surface area contributed by atoms with Gasteiger partial charge in [0.15, 0.2) is 0 Å². The van der Waals surface area contributed by atoms with Crippen molar-refractivity contribution in [2.75, 3.05) is 11.4 Å². The van der Waals surface area contributed by atoms with Crippen molar-refractivity contribution in [3.8, 4) is 0 Å². The number of aromatic amines is 1. The first kappa shape index (κ1) is 18.4. The van der Waals surface area contributed by atoms with Crippen LogP contribution in [0.15, 0.2) is 73.1 Å². The van der Waals surface area contributed by atoms with Crippen LogP contribution in [0.3, 0.4) is 0 Å². The maximum atomic E-state index is 12.4. The molecule has 1 amide bonds. The fraction of sp³-hybridized carbons (Fsp3) is 0.200. The van der Waals surface area contributed by atoms with Crippen molar-refractivity contribution < 1.29 is 4.79 Å². The molecule has 2 N–H and O–H groups in total. The molecule has 4 aromatic rings. The molecule has 0 unspecified atom stereocenters. The summed E-state index contributed by atoms with van der Waals surface area (Å²) in [4.78, 5) is 22.6.